The van der Waals surface area contributed by atoms with E-state index >= 15 is 0 Å². The van der Waals surface area contributed by atoms with Crippen molar-refractivity contribution in [2.75, 3.05) is 13.2 Å². The minimum atomic E-state index is -0.591. The Hall–Kier alpha value is -2.38. The maximum absolute atomic E-state index is 11.1. The van der Waals surface area contributed by atoms with Crippen LogP contribution in [0.15, 0.2) is 30.5 Å². The van der Waals surface area contributed by atoms with Crippen molar-refractivity contribution in [2.45, 2.75) is 32.4 Å². The van der Waals surface area contributed by atoms with E-state index in [1.165, 1.54) is 6.20 Å². The van der Waals surface area contributed by atoms with Crippen molar-refractivity contribution >= 4 is 5.91 Å². The lowest BCUT2D eigenvalue weighted by molar-refractivity contribution is 0.0995. The normalized spacial score (nSPS) is 12.8. The summed E-state index contributed by atoms with van der Waals surface area (Å²) in [7, 11) is 0. The van der Waals surface area contributed by atoms with Gasteiger partial charge in [-0.05, 0) is 45.0 Å². The molecule has 0 aliphatic rings. The average Bonchev–Trinajstić information content (AvgIpc) is 3.01. The number of carbonyl (C=O) groups excluding carboxylic acids is 1. The average molecular weight is 332 g/mol. The third-order valence-corrected chi connectivity index (χ3v) is 3.27. The lowest BCUT2D eigenvalue weighted by Crippen LogP contribution is -2.42. The van der Waals surface area contributed by atoms with Gasteiger partial charge in [-0.1, -0.05) is 0 Å². The van der Waals surface area contributed by atoms with E-state index in [1.807, 2.05) is 32.9 Å². The highest BCUT2D eigenvalue weighted by atomic mass is 16.5. The summed E-state index contributed by atoms with van der Waals surface area (Å²) in [5.74, 6) is 0.635. The maximum Gasteiger partial charge on any atom is 0.268 e. The Morgan fingerprint density at radius 3 is 2.58 bits per heavy atom. The van der Waals surface area contributed by atoms with Gasteiger partial charge >= 0.3 is 0 Å². The van der Waals surface area contributed by atoms with Gasteiger partial charge in [-0.15, -0.1) is 0 Å². The standard InChI is InChI=1S/C17H24N4O3/c1-17(2,3)20-8-12(22)10-24-13-6-4-11(5-7-13)16-19-9-14(21-16)15(18)23/h4-7,9,12,20,22H,8,10H2,1-3H3,(H2,18,23)(H,19,21). The number of primary amides is 1. The summed E-state index contributed by atoms with van der Waals surface area (Å²) in [4.78, 5) is 18.1. The molecule has 130 valence electrons. The number of aliphatic hydroxyl groups is 1. The van der Waals surface area contributed by atoms with E-state index in [9.17, 15) is 9.90 Å². The molecule has 1 amide bonds. The Labute approximate surface area is 141 Å². The summed E-state index contributed by atoms with van der Waals surface area (Å²) < 4.78 is 5.57. The number of amides is 1. The fraction of sp³-hybridized carbons (Fsp3) is 0.412. The first-order chi connectivity index (χ1) is 11.2. The second-order valence-electron chi connectivity index (χ2n) is 6.62. The molecule has 1 aromatic heterocycles. The minimum absolute atomic E-state index is 0.0462. The highest BCUT2D eigenvalue weighted by Crippen LogP contribution is 2.20. The number of hydrogen-bond donors (Lipinski definition) is 4. The van der Waals surface area contributed by atoms with E-state index in [-0.39, 0.29) is 17.8 Å². The number of aromatic amines is 1. The first-order valence-electron chi connectivity index (χ1n) is 7.76. The zero-order chi connectivity index (χ0) is 17.7. The van der Waals surface area contributed by atoms with E-state index in [2.05, 4.69) is 15.3 Å². The number of ether oxygens (including phenoxy) is 1. The second-order valence-corrected chi connectivity index (χ2v) is 6.62. The Bertz CT molecular complexity index is 674. The van der Waals surface area contributed by atoms with Crippen LogP contribution in [0.5, 0.6) is 5.75 Å². The number of rotatable bonds is 7. The van der Waals surface area contributed by atoms with Gasteiger partial charge in [0.15, 0.2) is 0 Å². The molecule has 1 heterocycles. The molecule has 2 rings (SSSR count). The molecule has 2 aromatic rings. The fourth-order valence-electron chi connectivity index (χ4n) is 1.98. The van der Waals surface area contributed by atoms with Gasteiger partial charge in [0.05, 0.1) is 0 Å². The zero-order valence-corrected chi connectivity index (χ0v) is 14.2. The zero-order valence-electron chi connectivity index (χ0n) is 14.2. The number of imidazole rings is 1. The number of nitrogens with one attached hydrogen (secondary N) is 2. The van der Waals surface area contributed by atoms with Crippen LogP contribution in [0.1, 0.15) is 31.3 Å². The molecular formula is C17H24N4O3. The lowest BCUT2D eigenvalue weighted by atomic mass is 10.1. The summed E-state index contributed by atoms with van der Waals surface area (Å²) >= 11 is 0. The summed E-state index contributed by atoms with van der Waals surface area (Å²) in [5.41, 5.74) is 6.14. The fourth-order valence-corrected chi connectivity index (χ4v) is 1.98. The SMILES string of the molecule is CC(C)(C)NCC(O)COc1ccc(-c2nc(C(N)=O)c[nH]2)cc1. The smallest absolute Gasteiger partial charge is 0.268 e. The number of aliphatic hydroxyl groups excluding tert-OH is 1. The van der Waals surface area contributed by atoms with Gasteiger partial charge in [-0.3, -0.25) is 4.79 Å². The van der Waals surface area contributed by atoms with E-state index < -0.39 is 12.0 Å². The third-order valence-electron chi connectivity index (χ3n) is 3.27. The van der Waals surface area contributed by atoms with Crippen molar-refractivity contribution in [3.63, 3.8) is 0 Å². The first kappa shape index (κ1) is 18.0. The molecule has 1 unspecified atom stereocenters. The molecule has 0 fully saturated rings. The quantitative estimate of drug-likeness (QED) is 0.610. The van der Waals surface area contributed by atoms with Crippen LogP contribution >= 0.6 is 0 Å². The summed E-state index contributed by atoms with van der Waals surface area (Å²) in [6, 6.07) is 7.20. The van der Waals surface area contributed by atoms with Crippen molar-refractivity contribution < 1.29 is 14.6 Å². The molecule has 0 aliphatic carbocycles. The molecule has 0 bridgehead atoms. The van der Waals surface area contributed by atoms with Crippen molar-refractivity contribution in [1.82, 2.24) is 15.3 Å². The monoisotopic (exact) mass is 332 g/mol. The molecule has 7 heteroatoms. The molecule has 1 aromatic carbocycles. The predicted molar refractivity (Wildman–Crippen MR) is 91.8 cm³/mol. The number of carbonyl (C=O) groups is 1. The molecule has 0 saturated heterocycles. The maximum atomic E-state index is 11.1. The van der Waals surface area contributed by atoms with Crippen molar-refractivity contribution in [1.29, 1.82) is 0 Å². The van der Waals surface area contributed by atoms with Gasteiger partial charge in [-0.25, -0.2) is 4.98 Å². The van der Waals surface area contributed by atoms with Gasteiger partial charge in [-0.2, -0.15) is 0 Å². The van der Waals surface area contributed by atoms with Gasteiger partial charge in [0.1, 0.15) is 30.0 Å². The van der Waals surface area contributed by atoms with Crippen LogP contribution in [0.2, 0.25) is 0 Å². The Morgan fingerprint density at radius 2 is 2.04 bits per heavy atom. The first-order valence-corrected chi connectivity index (χ1v) is 7.76. The molecule has 0 spiro atoms. The van der Waals surface area contributed by atoms with Crippen molar-refractivity contribution in [3.8, 4) is 17.1 Å². The van der Waals surface area contributed by atoms with Gasteiger partial charge < -0.3 is 25.9 Å². The summed E-state index contributed by atoms with van der Waals surface area (Å²) in [6.07, 6.45) is 0.882. The van der Waals surface area contributed by atoms with E-state index in [0.29, 0.717) is 18.1 Å². The number of aromatic nitrogens is 2. The summed E-state index contributed by atoms with van der Waals surface area (Å²) in [5, 5.41) is 13.1. The topological polar surface area (TPSA) is 113 Å². The third kappa shape index (κ3) is 5.36. The van der Waals surface area contributed by atoms with Crippen LogP contribution in [0, 0.1) is 0 Å². The van der Waals surface area contributed by atoms with E-state index in [0.717, 1.165) is 5.56 Å². The molecule has 0 saturated carbocycles. The molecular weight excluding hydrogens is 308 g/mol. The number of β-amino-alcohol motifs (C(OH)–C–C–N with tert-alkyl or cyclic N) is 1. The number of H-pyrrole nitrogens is 1. The second kappa shape index (κ2) is 7.46. The van der Waals surface area contributed by atoms with E-state index in [1.54, 1.807) is 12.1 Å². The van der Waals surface area contributed by atoms with Crippen molar-refractivity contribution in [3.05, 3.63) is 36.2 Å². The van der Waals surface area contributed by atoms with Gasteiger partial charge in [0.25, 0.3) is 5.91 Å². The van der Waals surface area contributed by atoms with Crippen LogP contribution in [-0.4, -0.2) is 45.8 Å². The van der Waals surface area contributed by atoms with Crippen molar-refractivity contribution in [2.24, 2.45) is 5.73 Å². The van der Waals surface area contributed by atoms with Crippen LogP contribution in [0.25, 0.3) is 11.4 Å². The molecule has 7 nitrogen and oxygen atoms in total. The molecule has 1 atom stereocenters. The van der Waals surface area contributed by atoms with Crippen LogP contribution < -0.4 is 15.8 Å². The number of hydrogen-bond acceptors (Lipinski definition) is 5. The molecule has 0 radical (unpaired) electrons. The summed E-state index contributed by atoms with van der Waals surface area (Å²) in [6.45, 7) is 6.78. The Morgan fingerprint density at radius 1 is 1.38 bits per heavy atom. The van der Waals surface area contributed by atoms with E-state index in [4.69, 9.17) is 10.5 Å². The van der Waals surface area contributed by atoms with Crippen LogP contribution in [0.3, 0.4) is 0 Å². The van der Waals surface area contributed by atoms with Gasteiger partial charge in [0.2, 0.25) is 0 Å². The lowest BCUT2D eigenvalue weighted by Gasteiger charge is -2.22. The highest BCUT2D eigenvalue weighted by Gasteiger charge is 2.13. The molecule has 24 heavy (non-hydrogen) atoms. The Balaban J connectivity index is 1.88. The Kier molecular flexibility index (Phi) is 5.58. The minimum Gasteiger partial charge on any atom is -0.491 e. The number of nitrogens with zero attached hydrogens (tertiary/aromatic N) is 1. The largest absolute Gasteiger partial charge is 0.491 e. The van der Waals surface area contributed by atoms with Crippen LogP contribution in [-0.2, 0) is 0 Å². The number of nitrogens with two attached hydrogens (primary N) is 1. The molecule has 0 aliphatic heterocycles. The predicted octanol–water partition coefficient (Wildman–Crippen LogP) is 1.30. The van der Waals surface area contributed by atoms with Gasteiger partial charge in [0, 0.05) is 23.8 Å². The number of benzene rings is 1. The van der Waals surface area contributed by atoms with Crippen LogP contribution in [0.4, 0.5) is 0 Å². The highest BCUT2D eigenvalue weighted by molar-refractivity contribution is 5.91. The molecule has 5 N–H and O–H groups in total.